The number of fused-ring (bicyclic) bond motifs is 1. The fourth-order valence-corrected chi connectivity index (χ4v) is 2.83. The lowest BCUT2D eigenvalue weighted by molar-refractivity contribution is -0.202. The van der Waals surface area contributed by atoms with Crippen LogP contribution in [0.1, 0.15) is 19.3 Å². The van der Waals surface area contributed by atoms with E-state index in [1.165, 1.54) is 6.42 Å². The lowest BCUT2D eigenvalue weighted by Gasteiger charge is -2.27. The van der Waals surface area contributed by atoms with Crippen LogP contribution in [0.25, 0.3) is 0 Å². The molecule has 3 heterocycles. The molecule has 3 aliphatic rings. The molecule has 0 aliphatic carbocycles. The molecule has 0 radical (unpaired) electrons. The van der Waals surface area contributed by atoms with Gasteiger partial charge < -0.3 is 18.9 Å². The summed E-state index contributed by atoms with van der Waals surface area (Å²) in [5.41, 5.74) is 0. The summed E-state index contributed by atoms with van der Waals surface area (Å²) >= 11 is 0. The molecule has 0 spiro atoms. The average molecular weight is 240 g/mol. The fraction of sp³-hybridized carbons (Fsp3) is 0.846. The Morgan fingerprint density at radius 3 is 2.71 bits per heavy atom. The molecular weight excluding hydrogens is 220 g/mol. The molecule has 0 aromatic heterocycles. The topological polar surface area (TPSA) is 36.9 Å². The summed E-state index contributed by atoms with van der Waals surface area (Å²) in [6.45, 7) is 5.94. The number of hydrogen-bond donors (Lipinski definition) is 0. The first-order valence-corrected chi connectivity index (χ1v) is 6.51. The summed E-state index contributed by atoms with van der Waals surface area (Å²) in [4.78, 5) is 0. The lowest BCUT2D eigenvalue weighted by Crippen LogP contribution is -2.36. The first-order valence-electron chi connectivity index (χ1n) is 6.51. The van der Waals surface area contributed by atoms with Crippen molar-refractivity contribution in [3.05, 3.63) is 12.7 Å². The summed E-state index contributed by atoms with van der Waals surface area (Å²) in [7, 11) is 0. The minimum absolute atomic E-state index is 0.0213. The maximum absolute atomic E-state index is 5.95. The Morgan fingerprint density at radius 1 is 1.06 bits per heavy atom. The van der Waals surface area contributed by atoms with Crippen molar-refractivity contribution in [3.63, 3.8) is 0 Å². The van der Waals surface area contributed by atoms with Gasteiger partial charge in [0.2, 0.25) is 0 Å². The Balaban J connectivity index is 1.56. The van der Waals surface area contributed by atoms with Crippen LogP contribution in [0.2, 0.25) is 0 Å². The third-order valence-corrected chi connectivity index (χ3v) is 3.81. The smallest absolute Gasteiger partial charge is 0.158 e. The van der Waals surface area contributed by atoms with E-state index < -0.39 is 0 Å². The van der Waals surface area contributed by atoms with Crippen LogP contribution < -0.4 is 0 Å². The standard InChI is InChI=1S/C13H20O4/c1-2-9-7-15-13-10(8-16-12(9)13)17-11-5-3-4-6-14-11/h2,9-13H,1,3-8H2. The minimum Gasteiger partial charge on any atom is -0.372 e. The highest BCUT2D eigenvalue weighted by molar-refractivity contribution is 5.00. The van der Waals surface area contributed by atoms with E-state index in [0.717, 1.165) is 19.4 Å². The van der Waals surface area contributed by atoms with E-state index in [0.29, 0.717) is 19.1 Å². The first kappa shape index (κ1) is 11.7. The second-order valence-corrected chi connectivity index (χ2v) is 4.97. The molecule has 4 heteroatoms. The van der Waals surface area contributed by atoms with Crippen molar-refractivity contribution >= 4 is 0 Å². The molecule has 96 valence electrons. The molecule has 0 amide bonds. The number of hydrogen-bond acceptors (Lipinski definition) is 4. The molecule has 17 heavy (non-hydrogen) atoms. The summed E-state index contributed by atoms with van der Waals surface area (Å²) < 4.78 is 23.1. The van der Waals surface area contributed by atoms with Crippen molar-refractivity contribution in [2.24, 2.45) is 5.92 Å². The molecule has 0 saturated carbocycles. The van der Waals surface area contributed by atoms with Crippen LogP contribution in [-0.2, 0) is 18.9 Å². The van der Waals surface area contributed by atoms with Crippen LogP contribution in [0.3, 0.4) is 0 Å². The van der Waals surface area contributed by atoms with E-state index in [1.807, 2.05) is 6.08 Å². The maximum atomic E-state index is 5.95. The zero-order chi connectivity index (χ0) is 11.7. The molecule has 5 atom stereocenters. The molecule has 3 saturated heterocycles. The Kier molecular flexibility index (Phi) is 3.47. The highest BCUT2D eigenvalue weighted by atomic mass is 16.7. The van der Waals surface area contributed by atoms with Gasteiger partial charge in [-0.25, -0.2) is 0 Å². The summed E-state index contributed by atoms with van der Waals surface area (Å²) in [5.74, 6) is 0.306. The first-order chi connectivity index (χ1) is 8.38. The van der Waals surface area contributed by atoms with Gasteiger partial charge in [0.1, 0.15) is 12.2 Å². The zero-order valence-corrected chi connectivity index (χ0v) is 10.0. The molecule has 0 bridgehead atoms. The van der Waals surface area contributed by atoms with Gasteiger partial charge in [-0.05, 0) is 19.3 Å². The molecule has 0 N–H and O–H groups in total. The third kappa shape index (κ3) is 2.27. The van der Waals surface area contributed by atoms with Gasteiger partial charge in [0, 0.05) is 12.5 Å². The Labute approximate surface area is 102 Å². The van der Waals surface area contributed by atoms with Gasteiger partial charge in [-0.15, -0.1) is 6.58 Å². The van der Waals surface area contributed by atoms with Crippen molar-refractivity contribution < 1.29 is 18.9 Å². The van der Waals surface area contributed by atoms with Crippen molar-refractivity contribution in [2.75, 3.05) is 19.8 Å². The quantitative estimate of drug-likeness (QED) is 0.700. The van der Waals surface area contributed by atoms with Crippen molar-refractivity contribution in [3.8, 4) is 0 Å². The number of ether oxygens (including phenoxy) is 4. The summed E-state index contributed by atoms with van der Waals surface area (Å²) in [6.07, 6.45) is 5.37. The van der Waals surface area contributed by atoms with Crippen LogP contribution >= 0.6 is 0 Å². The van der Waals surface area contributed by atoms with Crippen LogP contribution in [0, 0.1) is 5.92 Å². The molecule has 0 aromatic carbocycles. The summed E-state index contributed by atoms with van der Waals surface area (Å²) in [6, 6.07) is 0. The van der Waals surface area contributed by atoms with E-state index in [9.17, 15) is 0 Å². The van der Waals surface area contributed by atoms with E-state index >= 15 is 0 Å². The predicted molar refractivity (Wildman–Crippen MR) is 61.6 cm³/mol. The molecular formula is C13H20O4. The molecule has 0 aromatic rings. The van der Waals surface area contributed by atoms with E-state index in [1.54, 1.807) is 0 Å². The van der Waals surface area contributed by atoms with Crippen LogP contribution in [-0.4, -0.2) is 44.4 Å². The van der Waals surface area contributed by atoms with Crippen molar-refractivity contribution in [1.29, 1.82) is 0 Å². The second kappa shape index (κ2) is 5.06. The van der Waals surface area contributed by atoms with Gasteiger partial charge >= 0.3 is 0 Å². The maximum Gasteiger partial charge on any atom is 0.158 e. The fourth-order valence-electron chi connectivity index (χ4n) is 2.83. The average Bonchev–Trinajstić information content (AvgIpc) is 2.93. The molecule has 3 fully saturated rings. The van der Waals surface area contributed by atoms with Crippen LogP contribution in [0.4, 0.5) is 0 Å². The van der Waals surface area contributed by atoms with Gasteiger partial charge in [0.25, 0.3) is 0 Å². The predicted octanol–water partition coefficient (Wildman–Crippen LogP) is 1.50. The van der Waals surface area contributed by atoms with Crippen molar-refractivity contribution in [2.45, 2.75) is 43.9 Å². The van der Waals surface area contributed by atoms with Gasteiger partial charge in [-0.2, -0.15) is 0 Å². The molecule has 4 nitrogen and oxygen atoms in total. The van der Waals surface area contributed by atoms with E-state index in [-0.39, 0.29) is 24.6 Å². The van der Waals surface area contributed by atoms with Crippen LogP contribution in [0.15, 0.2) is 12.7 Å². The highest BCUT2D eigenvalue weighted by Gasteiger charge is 2.47. The second-order valence-electron chi connectivity index (χ2n) is 4.97. The SMILES string of the molecule is C=CC1COC2C(OC3CCCCO3)COC12. The Hall–Kier alpha value is -0.420. The minimum atomic E-state index is -0.0671. The molecule has 3 aliphatic heterocycles. The molecule has 5 unspecified atom stereocenters. The van der Waals surface area contributed by atoms with Gasteiger partial charge in [0.05, 0.1) is 19.3 Å². The van der Waals surface area contributed by atoms with Crippen molar-refractivity contribution in [1.82, 2.24) is 0 Å². The Morgan fingerprint density at radius 2 is 1.94 bits per heavy atom. The number of rotatable bonds is 3. The Bertz CT molecular complexity index is 275. The monoisotopic (exact) mass is 240 g/mol. The third-order valence-electron chi connectivity index (χ3n) is 3.81. The van der Waals surface area contributed by atoms with Gasteiger partial charge in [-0.1, -0.05) is 6.08 Å². The largest absolute Gasteiger partial charge is 0.372 e. The van der Waals surface area contributed by atoms with Gasteiger partial charge in [0.15, 0.2) is 6.29 Å². The lowest BCUT2D eigenvalue weighted by atomic mass is 10.0. The van der Waals surface area contributed by atoms with E-state index in [2.05, 4.69) is 6.58 Å². The normalized spacial score (nSPS) is 45.8. The summed E-state index contributed by atoms with van der Waals surface area (Å²) in [5, 5.41) is 0. The van der Waals surface area contributed by atoms with Gasteiger partial charge in [-0.3, -0.25) is 0 Å². The van der Waals surface area contributed by atoms with Crippen LogP contribution in [0.5, 0.6) is 0 Å². The van der Waals surface area contributed by atoms with E-state index in [4.69, 9.17) is 18.9 Å². The highest BCUT2D eigenvalue weighted by Crippen LogP contribution is 2.34. The zero-order valence-electron chi connectivity index (χ0n) is 10.0. The molecule has 3 rings (SSSR count).